The molecule has 0 atom stereocenters. The van der Waals surface area contributed by atoms with Crippen LogP contribution in [0.3, 0.4) is 0 Å². The fraction of sp³-hybridized carbons (Fsp3) is 0.250. The van der Waals surface area contributed by atoms with Crippen LogP contribution in [0, 0.1) is 20.8 Å². The highest BCUT2D eigenvalue weighted by atomic mass is 79.9. The number of carbonyl (C=O) groups is 9. The lowest BCUT2D eigenvalue weighted by atomic mass is 10.1. The van der Waals surface area contributed by atoms with Crippen molar-refractivity contribution in [2.24, 2.45) is 22.9 Å². The van der Waals surface area contributed by atoms with Gasteiger partial charge < -0.3 is 65.8 Å². The van der Waals surface area contributed by atoms with Crippen molar-refractivity contribution in [1.29, 1.82) is 0 Å². The number of primary amides is 3. The summed E-state index contributed by atoms with van der Waals surface area (Å²) < 4.78 is 27.2. The minimum Gasteiger partial charge on any atom is -0.481 e. The zero-order chi connectivity index (χ0) is 61.7. The highest BCUT2D eigenvalue weighted by molar-refractivity contribution is 9.08. The number of ether oxygens (including phenoxy) is 4. The summed E-state index contributed by atoms with van der Waals surface area (Å²) in [5.41, 5.74) is 26.3. The maximum Gasteiger partial charge on any atom is 0.344 e. The molecule has 24 heteroatoms. The Kier molecular flexibility index (Phi) is 21.1. The first-order valence-electron chi connectivity index (χ1n) is 25.8. The second-order valence-corrected chi connectivity index (χ2v) is 20.3. The van der Waals surface area contributed by atoms with Crippen molar-refractivity contribution in [2.75, 3.05) is 19.8 Å². The molecule has 0 radical (unpaired) electrons. The third-order valence-electron chi connectivity index (χ3n) is 12.9. The lowest BCUT2D eigenvalue weighted by molar-refractivity contribution is -0.157. The van der Waals surface area contributed by atoms with Crippen LogP contribution >= 0.6 is 15.9 Å². The first-order chi connectivity index (χ1) is 39.8. The van der Waals surface area contributed by atoms with E-state index in [-0.39, 0.29) is 58.9 Å². The van der Waals surface area contributed by atoms with Crippen LogP contribution in [0.15, 0.2) is 115 Å². The lowest BCUT2D eigenvalue weighted by Gasteiger charge is -2.26. The molecule has 0 saturated carbocycles. The number of nitrogens with zero attached hydrogens (tertiary/aromatic N) is 4. The van der Waals surface area contributed by atoms with Gasteiger partial charge in [-0.25, -0.2) is 14.4 Å². The number of amides is 3. The molecule has 0 bridgehead atoms. The van der Waals surface area contributed by atoms with Crippen molar-refractivity contribution in [1.82, 2.24) is 18.6 Å². The Balaban J connectivity index is 0.000000275. The van der Waals surface area contributed by atoms with Crippen molar-refractivity contribution in [3.63, 3.8) is 0 Å². The molecule has 3 aromatic heterocycles. The molecule has 8 aromatic rings. The molecular weight excluding hydrogens is 1150 g/mol. The number of aromatic nitrogens is 3. The average molecular weight is 1220 g/mol. The van der Waals surface area contributed by atoms with E-state index < -0.39 is 71.8 Å². The highest BCUT2D eigenvalue weighted by Crippen LogP contribution is 2.38. The predicted octanol–water partition coefficient (Wildman–Crippen LogP) is 6.43. The van der Waals surface area contributed by atoms with Crippen molar-refractivity contribution >= 4 is 102 Å². The number of halogens is 1. The molecule has 3 amide bonds. The Morgan fingerprint density at radius 1 is 0.500 bits per heavy atom. The number of nitrogens with two attached hydrogens (primary N) is 4. The molecule has 0 aliphatic carbocycles. The number of carbonyl (C=O) groups excluding carboxylic acids is 7. The quantitative estimate of drug-likeness (QED) is 0.0174. The maximum absolute atomic E-state index is 13.2. The van der Waals surface area contributed by atoms with Gasteiger partial charge in [-0.1, -0.05) is 94.8 Å². The van der Waals surface area contributed by atoms with Gasteiger partial charge in [-0.15, -0.1) is 0 Å². The molecule has 0 saturated heterocycles. The average Bonchev–Trinajstić information content (AvgIpc) is 3.16. The van der Waals surface area contributed by atoms with Crippen LogP contribution in [0.25, 0.3) is 32.7 Å². The molecule has 23 nitrogen and oxygen atoms in total. The summed E-state index contributed by atoms with van der Waals surface area (Å²) in [5.74, 6) is -8.80. The number of Topliss-reactive ketones (excluding diaryl/α,β-unsaturated/α-hetero) is 3. The normalized spacial score (nSPS) is 11.1. The number of aliphatic carboxylic acids is 2. The first-order valence-corrected chi connectivity index (χ1v) is 26.9. The van der Waals surface area contributed by atoms with Crippen molar-refractivity contribution in [2.45, 2.75) is 79.0 Å². The standard InChI is InChI=1S/C35H33N5O10.C18H21BrN2O5.C7H9N/c1-19-28(32(45)34(36)47)30-22(10-6-12-24(30)49-15-26(41)42)39(19)17-38(14-21-8-4-3-5-9-21)18-40-20(2)29(33(46)35(37)48)31-23(40)11-7-13-25(31)50-16-27(43)44;1-10-14(16(23)17(20)24)15-11(21(10)9-19)6-5-7-12(15)25-8-13(22)26-18(2,3)4;8-6-7-4-2-1-3-5-7/h3-13H,14-18H2,1-2H3,(H2,36,47)(H2,37,48)(H,41,42)(H,43,44);5-7H,8-9H2,1-4H3,(H2,20,24);1-5H,6,8H2. The van der Waals surface area contributed by atoms with Crippen molar-refractivity contribution in [3.8, 4) is 17.2 Å². The van der Waals surface area contributed by atoms with Gasteiger partial charge in [0.15, 0.2) is 19.8 Å². The van der Waals surface area contributed by atoms with Gasteiger partial charge in [0, 0.05) is 30.2 Å². The zero-order valence-electron chi connectivity index (χ0n) is 46.8. The second kappa shape index (κ2) is 27.9. The van der Waals surface area contributed by atoms with Crippen molar-refractivity contribution in [3.05, 3.63) is 160 Å². The van der Waals surface area contributed by atoms with Gasteiger partial charge in [0.05, 0.1) is 68.2 Å². The van der Waals surface area contributed by atoms with Crippen LogP contribution in [0.1, 0.15) is 80.1 Å². The number of fused-ring (bicyclic) bond motifs is 3. The number of alkyl halides is 1. The fourth-order valence-electron chi connectivity index (χ4n) is 9.35. The monoisotopic (exact) mass is 1210 g/mol. The van der Waals surface area contributed by atoms with Gasteiger partial charge in [-0.3, -0.25) is 33.7 Å². The number of rotatable bonds is 23. The van der Waals surface area contributed by atoms with E-state index in [2.05, 4.69) is 15.9 Å². The smallest absolute Gasteiger partial charge is 0.344 e. The van der Waals surface area contributed by atoms with E-state index in [1.165, 1.54) is 17.7 Å². The number of ketones is 3. The SMILES string of the molecule is Cc1c(C(=O)C(N)=O)c2c(OCC(=O)O)cccc2n1CN(Cc1ccccc1)Cn1c(C)c(C(=O)C(N)=O)c2c(OCC(=O)O)cccc21.Cc1c(C(=O)C(N)=O)c2c(OCC(=O)OC(C)(C)C)cccc2n1CBr.NCc1ccccc1. The lowest BCUT2D eigenvalue weighted by Crippen LogP contribution is -2.30. The Hall–Kier alpha value is -9.65. The molecule has 8 rings (SSSR count). The fourth-order valence-corrected chi connectivity index (χ4v) is 9.99. The molecule has 440 valence electrons. The van der Waals surface area contributed by atoms with Crippen molar-refractivity contribution < 1.29 is 72.3 Å². The topological polar surface area (TPSA) is 353 Å². The summed E-state index contributed by atoms with van der Waals surface area (Å²) >= 11 is 3.37. The minimum absolute atomic E-state index is 0.0368. The van der Waals surface area contributed by atoms with Gasteiger partial charge >= 0.3 is 17.9 Å². The second-order valence-electron chi connectivity index (χ2n) is 19.8. The van der Waals surface area contributed by atoms with Crippen LogP contribution < -0.4 is 37.1 Å². The maximum atomic E-state index is 13.2. The number of benzene rings is 5. The number of carboxylic acids is 2. The molecular formula is C60H63BrN8O15. The molecule has 0 unspecified atom stereocenters. The number of esters is 1. The van der Waals surface area contributed by atoms with E-state index in [0.717, 1.165) is 5.56 Å². The summed E-state index contributed by atoms with van der Waals surface area (Å²) in [5, 5.41) is 19.4. The van der Waals surface area contributed by atoms with Gasteiger partial charge in [0.2, 0.25) is 0 Å². The van der Waals surface area contributed by atoms with E-state index in [1.54, 1.807) is 93.1 Å². The van der Waals surface area contributed by atoms with Gasteiger partial charge in [-0.05, 0) is 89.1 Å². The molecule has 0 aliphatic rings. The summed E-state index contributed by atoms with van der Waals surface area (Å²) in [4.78, 5) is 111. The van der Waals surface area contributed by atoms with Gasteiger partial charge in [-0.2, -0.15) is 0 Å². The van der Waals surface area contributed by atoms with E-state index >= 15 is 0 Å². The van der Waals surface area contributed by atoms with Crippen LogP contribution in [0.2, 0.25) is 0 Å². The molecule has 0 spiro atoms. The summed E-state index contributed by atoms with van der Waals surface area (Å²) in [6.45, 7) is 9.66. The molecule has 0 aliphatic heterocycles. The molecule has 3 heterocycles. The molecule has 84 heavy (non-hydrogen) atoms. The number of carboxylic acid groups (broad SMARTS) is 2. The van der Waals surface area contributed by atoms with Crippen LogP contribution in [-0.4, -0.2) is 107 Å². The van der Waals surface area contributed by atoms with E-state index in [0.29, 0.717) is 63.3 Å². The minimum atomic E-state index is -1.24. The molecule has 10 N–H and O–H groups in total. The molecule has 0 fully saturated rings. The summed E-state index contributed by atoms with van der Waals surface area (Å²) in [6, 6.07) is 34.2. The van der Waals surface area contributed by atoms with Gasteiger partial charge in [0.1, 0.15) is 22.8 Å². The largest absolute Gasteiger partial charge is 0.481 e. The summed E-state index contributed by atoms with van der Waals surface area (Å²) in [6.07, 6.45) is 0. The predicted molar refractivity (Wildman–Crippen MR) is 313 cm³/mol. The number of hydrogen-bond donors (Lipinski definition) is 6. The third kappa shape index (κ3) is 15.1. The van der Waals surface area contributed by atoms with Gasteiger partial charge in [0.25, 0.3) is 35.1 Å². The third-order valence-corrected chi connectivity index (χ3v) is 13.4. The van der Waals surface area contributed by atoms with Crippen LogP contribution in [0.4, 0.5) is 0 Å². The Labute approximate surface area is 489 Å². The van der Waals surface area contributed by atoms with Crippen LogP contribution in [0.5, 0.6) is 17.2 Å². The van der Waals surface area contributed by atoms with E-state index in [1.807, 2.05) is 70.1 Å². The highest BCUT2D eigenvalue weighted by Gasteiger charge is 2.31. The Morgan fingerprint density at radius 2 is 0.845 bits per heavy atom. The zero-order valence-corrected chi connectivity index (χ0v) is 48.4. The van der Waals surface area contributed by atoms with Crippen LogP contribution in [-0.2, 0) is 65.4 Å². The first kappa shape index (κ1) is 63.5. The number of hydrogen-bond acceptors (Lipinski definition) is 15. The summed E-state index contributed by atoms with van der Waals surface area (Å²) in [7, 11) is 0. The van der Waals surface area contributed by atoms with E-state index in [4.69, 9.17) is 41.9 Å². The Bertz CT molecular complexity index is 3690. The van der Waals surface area contributed by atoms with E-state index in [9.17, 15) is 53.4 Å². The molecule has 5 aromatic carbocycles. The Morgan fingerprint density at radius 3 is 1.17 bits per heavy atom.